The average Bonchev–Trinajstić information content (AvgIpc) is 2.84. The minimum Gasteiger partial charge on any atom is -0.391 e. The molecule has 2 rings (SSSR count). The van der Waals surface area contributed by atoms with Gasteiger partial charge in [-0.05, 0) is 42.5 Å². The van der Waals surface area contributed by atoms with Crippen LogP contribution in [-0.4, -0.2) is 11.2 Å². The quantitative estimate of drug-likeness (QED) is 0.893. The second kappa shape index (κ2) is 5.70. The summed E-state index contributed by atoms with van der Waals surface area (Å²) in [4.78, 5) is 0. The molecule has 1 aliphatic carbocycles. The summed E-state index contributed by atoms with van der Waals surface area (Å²) in [6.45, 7) is 0. The standard InChI is InChI=1S/C13H17BrClNO/c14-9-5-6-11(15)10(7-9)12(16)13(17)8-3-1-2-4-8/h5-8,12-13,17H,1-4,16H2/t12-,13+/m1/s1. The lowest BCUT2D eigenvalue weighted by Crippen LogP contribution is -2.32. The summed E-state index contributed by atoms with van der Waals surface area (Å²) < 4.78 is 0.936. The number of rotatable bonds is 3. The summed E-state index contributed by atoms with van der Waals surface area (Å²) in [5.41, 5.74) is 6.95. The van der Waals surface area contributed by atoms with Crippen molar-refractivity contribution in [1.29, 1.82) is 0 Å². The average molecular weight is 319 g/mol. The molecule has 1 aliphatic rings. The van der Waals surface area contributed by atoms with Gasteiger partial charge in [0.1, 0.15) is 0 Å². The highest BCUT2D eigenvalue weighted by atomic mass is 79.9. The maximum absolute atomic E-state index is 10.3. The first-order chi connectivity index (χ1) is 8.09. The number of hydrogen-bond acceptors (Lipinski definition) is 2. The van der Waals surface area contributed by atoms with Gasteiger partial charge in [0.15, 0.2) is 0 Å². The number of aliphatic hydroxyl groups is 1. The van der Waals surface area contributed by atoms with Crippen molar-refractivity contribution in [3.05, 3.63) is 33.3 Å². The fraction of sp³-hybridized carbons (Fsp3) is 0.538. The molecular formula is C13H17BrClNO. The first-order valence-electron chi connectivity index (χ1n) is 5.98. The Balaban J connectivity index is 2.17. The zero-order valence-corrected chi connectivity index (χ0v) is 11.9. The fourth-order valence-corrected chi connectivity index (χ4v) is 3.17. The Morgan fingerprint density at radius 1 is 1.35 bits per heavy atom. The van der Waals surface area contributed by atoms with E-state index in [9.17, 15) is 5.11 Å². The van der Waals surface area contributed by atoms with E-state index >= 15 is 0 Å². The maximum atomic E-state index is 10.3. The van der Waals surface area contributed by atoms with Crippen LogP contribution in [0.25, 0.3) is 0 Å². The predicted octanol–water partition coefficient (Wildman–Crippen LogP) is 3.65. The lowest BCUT2D eigenvalue weighted by Gasteiger charge is -2.25. The van der Waals surface area contributed by atoms with E-state index in [4.69, 9.17) is 17.3 Å². The molecule has 0 heterocycles. The van der Waals surface area contributed by atoms with Crippen molar-refractivity contribution in [1.82, 2.24) is 0 Å². The van der Waals surface area contributed by atoms with Crippen LogP contribution in [0.5, 0.6) is 0 Å². The minimum atomic E-state index is -0.496. The van der Waals surface area contributed by atoms with Gasteiger partial charge in [0.25, 0.3) is 0 Å². The molecule has 0 spiro atoms. The lowest BCUT2D eigenvalue weighted by atomic mass is 9.91. The molecule has 1 fully saturated rings. The topological polar surface area (TPSA) is 46.2 Å². The molecular weight excluding hydrogens is 302 g/mol. The van der Waals surface area contributed by atoms with Gasteiger partial charge in [-0.1, -0.05) is 40.4 Å². The second-order valence-electron chi connectivity index (χ2n) is 4.73. The summed E-state index contributed by atoms with van der Waals surface area (Å²) in [6.07, 6.45) is 4.03. The number of aliphatic hydroxyl groups excluding tert-OH is 1. The van der Waals surface area contributed by atoms with Gasteiger partial charge in [-0.2, -0.15) is 0 Å². The summed E-state index contributed by atoms with van der Waals surface area (Å²) in [6, 6.07) is 5.18. The molecule has 94 valence electrons. The molecule has 4 heteroatoms. The molecule has 0 bridgehead atoms. The van der Waals surface area contributed by atoms with Crippen LogP contribution in [0.15, 0.2) is 22.7 Å². The fourth-order valence-electron chi connectivity index (χ4n) is 2.55. The zero-order chi connectivity index (χ0) is 12.4. The van der Waals surface area contributed by atoms with Crippen LogP contribution in [0.4, 0.5) is 0 Å². The third-order valence-corrected chi connectivity index (χ3v) is 4.41. The van der Waals surface area contributed by atoms with Crippen molar-refractivity contribution in [2.75, 3.05) is 0 Å². The summed E-state index contributed by atoms with van der Waals surface area (Å²) in [5.74, 6) is 0.319. The van der Waals surface area contributed by atoms with Crippen molar-refractivity contribution in [2.45, 2.75) is 37.8 Å². The van der Waals surface area contributed by atoms with E-state index in [0.29, 0.717) is 10.9 Å². The van der Waals surface area contributed by atoms with Gasteiger partial charge in [-0.25, -0.2) is 0 Å². The Hall–Kier alpha value is -0.0900. The van der Waals surface area contributed by atoms with Crippen LogP contribution < -0.4 is 5.73 Å². The molecule has 0 unspecified atom stereocenters. The Bertz CT molecular complexity index is 393. The molecule has 2 nitrogen and oxygen atoms in total. The zero-order valence-electron chi connectivity index (χ0n) is 9.57. The van der Waals surface area contributed by atoms with Crippen molar-refractivity contribution in [2.24, 2.45) is 11.7 Å². The molecule has 17 heavy (non-hydrogen) atoms. The monoisotopic (exact) mass is 317 g/mol. The molecule has 2 atom stereocenters. The largest absolute Gasteiger partial charge is 0.391 e. The molecule has 0 saturated heterocycles. The van der Waals surface area contributed by atoms with E-state index in [1.165, 1.54) is 12.8 Å². The molecule has 0 aromatic heterocycles. The molecule has 0 aliphatic heterocycles. The summed E-state index contributed by atoms with van der Waals surface area (Å²) in [7, 11) is 0. The SMILES string of the molecule is N[C@H](c1cc(Br)ccc1Cl)[C@@H](O)C1CCCC1. The van der Waals surface area contributed by atoms with E-state index in [0.717, 1.165) is 22.9 Å². The third kappa shape index (κ3) is 3.02. The lowest BCUT2D eigenvalue weighted by molar-refractivity contribution is 0.0845. The van der Waals surface area contributed by atoms with Gasteiger partial charge in [0.2, 0.25) is 0 Å². The highest BCUT2D eigenvalue weighted by molar-refractivity contribution is 9.10. The minimum absolute atomic E-state index is 0.319. The van der Waals surface area contributed by atoms with Crippen molar-refractivity contribution >= 4 is 27.5 Å². The van der Waals surface area contributed by atoms with E-state index < -0.39 is 12.1 Å². The first-order valence-corrected chi connectivity index (χ1v) is 7.15. The van der Waals surface area contributed by atoms with Crippen molar-refractivity contribution < 1.29 is 5.11 Å². The molecule has 1 aromatic rings. The molecule has 0 radical (unpaired) electrons. The first kappa shape index (κ1) is 13.3. The van der Waals surface area contributed by atoms with Crippen LogP contribution in [-0.2, 0) is 0 Å². The second-order valence-corrected chi connectivity index (χ2v) is 6.05. The van der Waals surface area contributed by atoms with Crippen LogP contribution in [0.1, 0.15) is 37.3 Å². The Labute approximate surface area is 115 Å². The summed E-state index contributed by atoms with van der Waals surface area (Å²) in [5, 5.41) is 10.9. The van der Waals surface area contributed by atoms with E-state index in [2.05, 4.69) is 15.9 Å². The normalized spacial score (nSPS) is 20.5. The molecule has 1 aromatic carbocycles. The highest BCUT2D eigenvalue weighted by Gasteiger charge is 2.29. The molecule has 0 amide bonds. The van der Waals surface area contributed by atoms with Gasteiger partial charge in [-0.15, -0.1) is 0 Å². The van der Waals surface area contributed by atoms with Crippen LogP contribution in [0.3, 0.4) is 0 Å². The van der Waals surface area contributed by atoms with E-state index in [1.54, 1.807) is 0 Å². The van der Waals surface area contributed by atoms with Crippen LogP contribution in [0, 0.1) is 5.92 Å². The predicted molar refractivity (Wildman–Crippen MR) is 74.0 cm³/mol. The summed E-state index contributed by atoms with van der Waals surface area (Å²) >= 11 is 9.53. The third-order valence-electron chi connectivity index (χ3n) is 3.57. The Morgan fingerprint density at radius 2 is 2.00 bits per heavy atom. The van der Waals surface area contributed by atoms with Gasteiger partial charge >= 0.3 is 0 Å². The van der Waals surface area contributed by atoms with Gasteiger partial charge in [0, 0.05) is 9.50 Å². The van der Waals surface area contributed by atoms with Crippen molar-refractivity contribution in [3.63, 3.8) is 0 Å². The van der Waals surface area contributed by atoms with Crippen LogP contribution >= 0.6 is 27.5 Å². The van der Waals surface area contributed by atoms with Gasteiger partial charge in [0.05, 0.1) is 12.1 Å². The number of nitrogens with two attached hydrogens (primary N) is 1. The Morgan fingerprint density at radius 3 is 2.65 bits per heavy atom. The van der Waals surface area contributed by atoms with E-state index in [-0.39, 0.29) is 0 Å². The van der Waals surface area contributed by atoms with E-state index in [1.807, 2.05) is 18.2 Å². The van der Waals surface area contributed by atoms with Crippen molar-refractivity contribution in [3.8, 4) is 0 Å². The van der Waals surface area contributed by atoms with Crippen LogP contribution in [0.2, 0.25) is 5.02 Å². The smallest absolute Gasteiger partial charge is 0.0761 e. The molecule has 3 N–H and O–H groups in total. The molecule has 1 saturated carbocycles. The van der Waals surface area contributed by atoms with Gasteiger partial charge < -0.3 is 10.8 Å². The highest BCUT2D eigenvalue weighted by Crippen LogP contribution is 2.35. The van der Waals surface area contributed by atoms with Gasteiger partial charge in [-0.3, -0.25) is 0 Å². The number of halogens is 2. The Kier molecular flexibility index (Phi) is 4.47. The maximum Gasteiger partial charge on any atom is 0.0761 e. The number of benzene rings is 1. The number of hydrogen-bond donors (Lipinski definition) is 2.